The number of aliphatic hydroxyl groups is 1. The monoisotopic (exact) mass is 655 g/mol. The van der Waals surface area contributed by atoms with Crippen molar-refractivity contribution in [2.45, 2.75) is 58.1 Å². The minimum atomic E-state index is -0.774. The fourth-order valence-corrected chi connectivity index (χ4v) is 7.66. The molecule has 0 radical (unpaired) electrons. The van der Waals surface area contributed by atoms with E-state index in [9.17, 15) is 9.90 Å². The molecule has 1 amide bonds. The summed E-state index contributed by atoms with van der Waals surface area (Å²) in [6.07, 6.45) is 4.87. The van der Waals surface area contributed by atoms with E-state index >= 15 is 0 Å². The van der Waals surface area contributed by atoms with Gasteiger partial charge in [0.05, 0.1) is 36.9 Å². The number of rotatable bonds is 5. The highest BCUT2D eigenvalue weighted by Crippen LogP contribution is 2.46. The van der Waals surface area contributed by atoms with Gasteiger partial charge in [0.15, 0.2) is 17.4 Å². The Hall–Kier alpha value is -2.14. The van der Waals surface area contributed by atoms with Gasteiger partial charge in [0, 0.05) is 37.2 Å². The number of pyridine rings is 1. The average molecular weight is 656 g/mol. The van der Waals surface area contributed by atoms with Crippen molar-refractivity contribution in [3.63, 3.8) is 0 Å². The van der Waals surface area contributed by atoms with Crippen molar-refractivity contribution in [1.29, 1.82) is 0 Å². The molecule has 5 N–H and O–H groups in total. The van der Waals surface area contributed by atoms with E-state index < -0.39 is 6.09 Å². The van der Waals surface area contributed by atoms with E-state index in [2.05, 4.69) is 37.4 Å². The number of hydrogen-bond acceptors (Lipinski definition) is 12. The maximum atomic E-state index is 11.2. The summed E-state index contributed by atoms with van der Waals surface area (Å²) in [5.41, 5.74) is 12.2. The first kappa shape index (κ1) is 26.1. The van der Waals surface area contributed by atoms with Crippen LogP contribution >= 0.6 is 34.4 Å². The number of carbonyl (C=O) groups is 1. The van der Waals surface area contributed by atoms with Crippen LogP contribution in [-0.4, -0.2) is 81.3 Å². The summed E-state index contributed by atoms with van der Waals surface area (Å²) in [5.74, 6) is 2.08. The lowest BCUT2D eigenvalue weighted by Crippen LogP contribution is -2.50. The number of ether oxygens (including phenoxy) is 3. The predicted octanol–water partition coefficient (Wildman–Crippen LogP) is 1.66. The molecule has 14 heteroatoms. The fraction of sp³-hybridized carbons (Fsp3) is 0.583. The van der Waals surface area contributed by atoms with Crippen molar-refractivity contribution in [1.82, 2.24) is 15.0 Å². The summed E-state index contributed by atoms with van der Waals surface area (Å²) in [4.78, 5) is 30.3. The van der Waals surface area contributed by atoms with Crippen LogP contribution in [0.3, 0.4) is 0 Å². The third kappa shape index (κ3) is 4.74. The van der Waals surface area contributed by atoms with Gasteiger partial charge in [-0.25, -0.2) is 19.7 Å². The molecule has 0 aliphatic carbocycles. The number of nitrogens with two attached hydrogens (primary N) is 2. The Morgan fingerprint density at radius 2 is 2.13 bits per heavy atom. The number of amides is 1. The number of carbonyl (C=O) groups excluding carboxylic acids is 1. The highest BCUT2D eigenvalue weighted by molar-refractivity contribution is 14.1. The first-order chi connectivity index (χ1) is 18.4. The predicted molar refractivity (Wildman–Crippen MR) is 148 cm³/mol. The van der Waals surface area contributed by atoms with Crippen LogP contribution < -0.4 is 26.0 Å². The molecule has 2 aromatic rings. The molecule has 0 unspecified atom stereocenters. The van der Waals surface area contributed by atoms with Crippen molar-refractivity contribution in [3.8, 4) is 5.75 Å². The van der Waals surface area contributed by atoms with E-state index in [0.29, 0.717) is 54.3 Å². The van der Waals surface area contributed by atoms with Crippen LogP contribution in [0, 0.1) is 5.41 Å². The number of primary amides is 1. The lowest BCUT2D eigenvalue weighted by Gasteiger charge is -2.41. The van der Waals surface area contributed by atoms with Crippen LogP contribution in [0.5, 0.6) is 5.75 Å². The number of piperidine rings is 1. The maximum absolute atomic E-state index is 11.2. The molecule has 4 aliphatic heterocycles. The zero-order valence-electron chi connectivity index (χ0n) is 20.7. The molecule has 4 aliphatic rings. The summed E-state index contributed by atoms with van der Waals surface area (Å²) in [5, 5.41) is 10.8. The first-order valence-electron chi connectivity index (χ1n) is 12.6. The molecule has 0 saturated carbocycles. The maximum Gasteiger partial charge on any atom is 0.404 e. The van der Waals surface area contributed by atoms with Gasteiger partial charge in [0.2, 0.25) is 0 Å². The smallest absolute Gasteiger partial charge is 0.404 e. The zero-order valence-corrected chi connectivity index (χ0v) is 23.6. The number of aromatic nitrogens is 3. The molecule has 3 fully saturated rings. The van der Waals surface area contributed by atoms with Gasteiger partial charge in [0.25, 0.3) is 0 Å². The van der Waals surface area contributed by atoms with E-state index in [0.717, 1.165) is 30.8 Å². The van der Waals surface area contributed by atoms with Crippen LogP contribution in [-0.2, 0) is 16.1 Å². The minimum Gasteiger partial charge on any atom is -0.486 e. The number of fused-ring (bicyclic) bond motifs is 3. The van der Waals surface area contributed by atoms with Crippen LogP contribution in [0.4, 0.5) is 16.4 Å². The molecule has 0 aromatic carbocycles. The lowest BCUT2D eigenvalue weighted by atomic mass is 9.75. The van der Waals surface area contributed by atoms with Crippen LogP contribution in [0.25, 0.3) is 0 Å². The molecular weight excluding hydrogens is 625 g/mol. The number of halogens is 1. The zero-order chi connectivity index (χ0) is 26.4. The van der Waals surface area contributed by atoms with E-state index in [-0.39, 0.29) is 34.3 Å². The number of hydrogen-bond donors (Lipinski definition) is 3. The Bertz CT molecular complexity index is 1220. The van der Waals surface area contributed by atoms with Gasteiger partial charge in [-0.15, -0.1) is 0 Å². The molecule has 0 bridgehead atoms. The van der Waals surface area contributed by atoms with Crippen LogP contribution in [0.15, 0.2) is 28.4 Å². The minimum absolute atomic E-state index is 0.00569. The number of alkyl halides is 1. The van der Waals surface area contributed by atoms with Crippen molar-refractivity contribution >= 4 is 52.1 Å². The molecule has 6 rings (SSSR count). The first-order valence-corrected chi connectivity index (χ1v) is 14.7. The quantitative estimate of drug-likeness (QED) is 0.316. The van der Waals surface area contributed by atoms with Gasteiger partial charge in [-0.1, -0.05) is 11.8 Å². The van der Waals surface area contributed by atoms with E-state index in [4.69, 9.17) is 35.6 Å². The third-order valence-corrected chi connectivity index (χ3v) is 10.0. The Morgan fingerprint density at radius 1 is 1.32 bits per heavy atom. The van der Waals surface area contributed by atoms with E-state index in [1.165, 1.54) is 11.8 Å². The second-order valence-electron chi connectivity index (χ2n) is 10.1. The molecule has 2 aromatic heterocycles. The highest BCUT2D eigenvalue weighted by Gasteiger charge is 2.48. The molecule has 4 atom stereocenters. The normalized spacial score (nSPS) is 27.7. The molecule has 38 heavy (non-hydrogen) atoms. The number of nitrogens with zero attached hydrogens (tertiary/aromatic N) is 5. The van der Waals surface area contributed by atoms with Crippen molar-refractivity contribution in [2.75, 3.05) is 42.6 Å². The summed E-state index contributed by atoms with van der Waals surface area (Å²) < 4.78 is 17.2. The number of aliphatic hydroxyl groups excluding tert-OH is 1. The standard InChI is InChI=1S/C24H30IN7O5S/c25-20-19(26)24(12-36-20)2-5-31(6-3-24)21-15(10-33)30-17(8-29-21)38-16-1-4-28-22-18(16)35-11-13-7-14(9-32(13)22)37-23(27)34/h1,4,8,13-14,19-20,33H,2-3,5-7,9-12,26H2,(H2,27,34)/t13-,14+,19+,20+/m0/s1. The Morgan fingerprint density at radius 3 is 2.84 bits per heavy atom. The van der Waals surface area contributed by atoms with Crippen molar-refractivity contribution in [3.05, 3.63) is 24.2 Å². The van der Waals surface area contributed by atoms with Gasteiger partial charge in [-0.3, -0.25) is 0 Å². The molecule has 6 heterocycles. The van der Waals surface area contributed by atoms with Gasteiger partial charge in [-0.05, 0) is 41.5 Å². The highest BCUT2D eigenvalue weighted by atomic mass is 127. The molecule has 204 valence electrons. The Labute approximate surface area is 237 Å². The van der Waals surface area contributed by atoms with Crippen LogP contribution in [0.1, 0.15) is 25.0 Å². The second kappa shape index (κ2) is 10.4. The van der Waals surface area contributed by atoms with Crippen molar-refractivity contribution in [2.24, 2.45) is 16.9 Å². The number of anilines is 2. The van der Waals surface area contributed by atoms with E-state index in [1.807, 2.05) is 6.07 Å². The summed E-state index contributed by atoms with van der Waals surface area (Å²) in [6, 6.07) is 1.97. The van der Waals surface area contributed by atoms with Gasteiger partial charge < -0.3 is 40.6 Å². The largest absolute Gasteiger partial charge is 0.486 e. The van der Waals surface area contributed by atoms with Gasteiger partial charge >= 0.3 is 6.09 Å². The topological polar surface area (TPSA) is 162 Å². The fourth-order valence-electron chi connectivity index (χ4n) is 5.86. The Kier molecular flexibility index (Phi) is 7.17. The van der Waals surface area contributed by atoms with E-state index in [1.54, 1.807) is 12.4 Å². The second-order valence-corrected chi connectivity index (χ2v) is 12.4. The lowest BCUT2D eigenvalue weighted by molar-refractivity contribution is 0.114. The summed E-state index contributed by atoms with van der Waals surface area (Å²) in [6.45, 7) is 3.04. The average Bonchev–Trinajstić information content (AvgIpc) is 3.45. The van der Waals surface area contributed by atoms with Gasteiger partial charge in [-0.2, -0.15) is 0 Å². The van der Waals surface area contributed by atoms with Gasteiger partial charge in [0.1, 0.15) is 27.5 Å². The molecular formula is C24H30IN7O5S. The van der Waals surface area contributed by atoms with Crippen LogP contribution in [0.2, 0.25) is 0 Å². The molecule has 12 nitrogen and oxygen atoms in total. The summed E-state index contributed by atoms with van der Waals surface area (Å²) >= 11 is 3.69. The third-order valence-electron chi connectivity index (χ3n) is 7.94. The molecule has 3 saturated heterocycles. The summed E-state index contributed by atoms with van der Waals surface area (Å²) in [7, 11) is 0. The SMILES string of the molecule is NC(=O)O[C@@H]1C[C@H]2COc3c(Sc4cnc(N5CCC6(CC5)CO[C@@H](I)[C@H]6N)c(CO)n4)ccnc3N2C1. The Balaban J connectivity index is 1.17. The molecule has 1 spiro atoms. The van der Waals surface area contributed by atoms with Crippen molar-refractivity contribution < 1.29 is 24.1 Å².